The normalized spacial score (nSPS) is 10.9. The third-order valence-electron chi connectivity index (χ3n) is 3.20. The molecule has 0 aliphatic heterocycles. The van der Waals surface area contributed by atoms with Crippen molar-refractivity contribution in [3.63, 3.8) is 0 Å². The van der Waals surface area contributed by atoms with Crippen LogP contribution in [0, 0.1) is 6.92 Å². The molecule has 2 aromatic heterocycles. The van der Waals surface area contributed by atoms with Gasteiger partial charge in [0.1, 0.15) is 17.3 Å². The van der Waals surface area contributed by atoms with Crippen LogP contribution in [0.5, 0.6) is 5.75 Å². The van der Waals surface area contributed by atoms with Crippen molar-refractivity contribution < 1.29 is 9.26 Å². The topological polar surface area (TPSA) is 64.3 Å². The second-order valence-electron chi connectivity index (χ2n) is 4.95. The number of aromatic nitrogens is 3. The molecule has 0 aliphatic rings. The number of ether oxygens (including phenoxy) is 1. The van der Waals surface area contributed by atoms with Crippen molar-refractivity contribution in [3.8, 4) is 17.3 Å². The molecule has 2 heterocycles. The third-order valence-corrected chi connectivity index (χ3v) is 3.20. The summed E-state index contributed by atoms with van der Waals surface area (Å²) in [4.78, 5) is 10.8. The molecule has 0 N–H and O–H groups in total. The number of benzene rings is 1. The van der Waals surface area contributed by atoms with Crippen molar-refractivity contribution in [1.29, 1.82) is 0 Å². The van der Waals surface area contributed by atoms with Crippen LogP contribution in [0.15, 0.2) is 28.8 Å². The zero-order chi connectivity index (χ0) is 15.0. The first kappa shape index (κ1) is 13.4. The Morgan fingerprint density at radius 1 is 1.14 bits per heavy atom. The van der Waals surface area contributed by atoms with Crippen LogP contribution < -0.4 is 9.64 Å². The van der Waals surface area contributed by atoms with Gasteiger partial charge in [-0.05, 0) is 29.7 Å². The number of methoxy groups -OCH3 is 1. The van der Waals surface area contributed by atoms with Gasteiger partial charge in [0.2, 0.25) is 11.7 Å². The Morgan fingerprint density at radius 3 is 2.57 bits per heavy atom. The summed E-state index contributed by atoms with van der Waals surface area (Å²) in [6, 6.07) is 7.84. The van der Waals surface area contributed by atoms with Gasteiger partial charge in [-0.1, -0.05) is 5.16 Å². The third kappa shape index (κ3) is 2.40. The highest BCUT2D eigenvalue weighted by Gasteiger charge is 2.13. The molecule has 0 atom stereocenters. The highest BCUT2D eigenvalue weighted by molar-refractivity contribution is 5.95. The van der Waals surface area contributed by atoms with Crippen LogP contribution in [-0.4, -0.2) is 36.3 Å². The lowest BCUT2D eigenvalue weighted by atomic mass is 10.1. The van der Waals surface area contributed by atoms with Crippen molar-refractivity contribution in [1.82, 2.24) is 15.1 Å². The Hall–Kier alpha value is -2.63. The standard InChI is InChI=1S/C15H16N4O2/c1-9-16-14(18-21-9)13-8-10-7-11(20-4)5-6-12(10)15(17-13)19(2)3/h5-8H,1-4H3. The van der Waals surface area contributed by atoms with Crippen LogP contribution >= 0.6 is 0 Å². The maximum Gasteiger partial charge on any atom is 0.223 e. The van der Waals surface area contributed by atoms with E-state index in [4.69, 9.17) is 9.26 Å². The molecule has 1 aromatic carbocycles. The van der Waals surface area contributed by atoms with E-state index in [9.17, 15) is 0 Å². The molecule has 108 valence electrons. The van der Waals surface area contributed by atoms with Crippen molar-refractivity contribution >= 4 is 16.6 Å². The van der Waals surface area contributed by atoms with Gasteiger partial charge >= 0.3 is 0 Å². The summed E-state index contributed by atoms with van der Waals surface area (Å²) in [5.41, 5.74) is 0.677. The summed E-state index contributed by atoms with van der Waals surface area (Å²) in [6.45, 7) is 1.76. The SMILES string of the molecule is COc1ccc2c(N(C)C)nc(-c3noc(C)n3)cc2c1. The van der Waals surface area contributed by atoms with Gasteiger partial charge in [-0.25, -0.2) is 4.98 Å². The summed E-state index contributed by atoms with van der Waals surface area (Å²) in [6.07, 6.45) is 0. The molecule has 0 bridgehead atoms. The Balaban J connectivity index is 2.26. The number of nitrogens with zero attached hydrogens (tertiary/aromatic N) is 4. The first-order valence-corrected chi connectivity index (χ1v) is 6.55. The van der Waals surface area contributed by atoms with Crippen molar-refractivity contribution in [2.24, 2.45) is 0 Å². The van der Waals surface area contributed by atoms with Crippen LogP contribution in [0.25, 0.3) is 22.3 Å². The van der Waals surface area contributed by atoms with Crippen LogP contribution in [0.4, 0.5) is 5.82 Å². The van der Waals surface area contributed by atoms with Gasteiger partial charge in [0.05, 0.1) is 7.11 Å². The zero-order valence-corrected chi connectivity index (χ0v) is 12.4. The van der Waals surface area contributed by atoms with E-state index in [0.29, 0.717) is 17.4 Å². The molecule has 0 aliphatic carbocycles. The van der Waals surface area contributed by atoms with Crippen LogP contribution in [0.2, 0.25) is 0 Å². The monoisotopic (exact) mass is 284 g/mol. The van der Waals surface area contributed by atoms with Gasteiger partial charge in [0.15, 0.2) is 0 Å². The van der Waals surface area contributed by atoms with Crippen molar-refractivity contribution in [2.75, 3.05) is 26.1 Å². The van der Waals surface area contributed by atoms with Crippen LogP contribution in [0.1, 0.15) is 5.89 Å². The van der Waals surface area contributed by atoms with E-state index in [1.54, 1.807) is 14.0 Å². The molecule has 0 radical (unpaired) electrons. The van der Waals surface area contributed by atoms with E-state index in [1.807, 2.05) is 43.3 Å². The average molecular weight is 284 g/mol. The van der Waals surface area contributed by atoms with Crippen LogP contribution in [0.3, 0.4) is 0 Å². The molecular formula is C15H16N4O2. The summed E-state index contributed by atoms with van der Waals surface area (Å²) < 4.78 is 10.3. The lowest BCUT2D eigenvalue weighted by Crippen LogP contribution is -2.11. The largest absolute Gasteiger partial charge is 0.497 e. The Morgan fingerprint density at radius 2 is 1.95 bits per heavy atom. The Bertz CT molecular complexity index is 795. The van der Waals surface area contributed by atoms with Gasteiger partial charge in [-0.3, -0.25) is 0 Å². The number of rotatable bonds is 3. The zero-order valence-electron chi connectivity index (χ0n) is 12.4. The maximum absolute atomic E-state index is 5.29. The first-order chi connectivity index (χ1) is 10.1. The minimum absolute atomic E-state index is 0.486. The smallest absolute Gasteiger partial charge is 0.223 e. The molecule has 0 saturated heterocycles. The average Bonchev–Trinajstić information content (AvgIpc) is 2.91. The van der Waals surface area contributed by atoms with Gasteiger partial charge < -0.3 is 14.2 Å². The first-order valence-electron chi connectivity index (χ1n) is 6.55. The van der Waals surface area contributed by atoms with Crippen molar-refractivity contribution in [2.45, 2.75) is 6.92 Å². The molecule has 0 fully saturated rings. The molecule has 21 heavy (non-hydrogen) atoms. The second-order valence-corrected chi connectivity index (χ2v) is 4.95. The molecule has 3 aromatic rings. The van der Waals surface area contributed by atoms with E-state index >= 15 is 0 Å². The summed E-state index contributed by atoms with van der Waals surface area (Å²) in [7, 11) is 5.56. The molecular weight excluding hydrogens is 268 g/mol. The minimum atomic E-state index is 0.486. The second kappa shape index (κ2) is 5.05. The van der Waals surface area contributed by atoms with E-state index in [-0.39, 0.29) is 0 Å². The number of aryl methyl sites for hydroxylation is 1. The summed E-state index contributed by atoms with van der Waals surface area (Å²) >= 11 is 0. The predicted octanol–water partition coefficient (Wildman–Crippen LogP) is 2.67. The maximum atomic E-state index is 5.29. The predicted molar refractivity (Wildman–Crippen MR) is 80.7 cm³/mol. The van der Waals surface area contributed by atoms with Gasteiger partial charge in [-0.15, -0.1) is 0 Å². The molecule has 3 rings (SSSR count). The van der Waals surface area contributed by atoms with E-state index < -0.39 is 0 Å². The molecule has 0 spiro atoms. The summed E-state index contributed by atoms with van der Waals surface area (Å²) in [5.74, 6) is 2.66. The van der Waals surface area contributed by atoms with E-state index in [1.165, 1.54) is 0 Å². The quantitative estimate of drug-likeness (QED) is 0.736. The number of hydrogen-bond acceptors (Lipinski definition) is 6. The fourth-order valence-electron chi connectivity index (χ4n) is 2.20. The van der Waals surface area contributed by atoms with Crippen molar-refractivity contribution in [3.05, 3.63) is 30.2 Å². The fourth-order valence-corrected chi connectivity index (χ4v) is 2.20. The molecule has 6 heteroatoms. The molecule has 6 nitrogen and oxygen atoms in total. The Kier molecular flexibility index (Phi) is 3.21. The Labute approximate surface area is 122 Å². The molecule has 0 saturated carbocycles. The van der Waals surface area contributed by atoms with Gasteiger partial charge in [0.25, 0.3) is 0 Å². The van der Waals surface area contributed by atoms with Gasteiger partial charge in [-0.2, -0.15) is 4.98 Å². The number of pyridine rings is 1. The fraction of sp³-hybridized carbons (Fsp3) is 0.267. The van der Waals surface area contributed by atoms with Gasteiger partial charge in [0, 0.05) is 26.4 Å². The molecule has 0 amide bonds. The van der Waals surface area contributed by atoms with E-state index in [0.717, 1.165) is 22.3 Å². The number of hydrogen-bond donors (Lipinski definition) is 0. The molecule has 0 unspecified atom stereocenters. The lowest BCUT2D eigenvalue weighted by Gasteiger charge is -2.15. The lowest BCUT2D eigenvalue weighted by molar-refractivity contribution is 0.394. The number of fused-ring (bicyclic) bond motifs is 1. The summed E-state index contributed by atoms with van der Waals surface area (Å²) in [5, 5.41) is 6.00. The van der Waals surface area contributed by atoms with Crippen LogP contribution in [-0.2, 0) is 0 Å². The highest BCUT2D eigenvalue weighted by Crippen LogP contribution is 2.30. The minimum Gasteiger partial charge on any atom is -0.497 e. The van der Waals surface area contributed by atoms with E-state index in [2.05, 4.69) is 15.1 Å². The highest BCUT2D eigenvalue weighted by atomic mass is 16.5. The number of anilines is 1.